The van der Waals surface area contributed by atoms with Crippen LogP contribution in [0.4, 0.5) is 5.95 Å². The Balaban J connectivity index is 2.03. The van der Waals surface area contributed by atoms with Crippen LogP contribution >= 0.6 is 23.2 Å². The molecule has 25 heavy (non-hydrogen) atoms. The maximum absolute atomic E-state index is 12.4. The Morgan fingerprint density at radius 1 is 1.28 bits per heavy atom. The van der Waals surface area contributed by atoms with E-state index in [0.29, 0.717) is 33.6 Å². The SMILES string of the molecule is CN(Cc1cccc(Cl)c1Cl)c1nc2c(cnn2C(C)(C)C)c(=O)[nH]1. The van der Waals surface area contributed by atoms with Gasteiger partial charge in [0, 0.05) is 13.6 Å². The van der Waals surface area contributed by atoms with Crippen molar-refractivity contribution >= 4 is 40.2 Å². The first-order chi connectivity index (χ1) is 11.7. The van der Waals surface area contributed by atoms with Gasteiger partial charge in [-0.15, -0.1) is 0 Å². The predicted molar refractivity (Wildman–Crippen MR) is 102 cm³/mol. The van der Waals surface area contributed by atoms with Crippen LogP contribution in [0.2, 0.25) is 10.0 Å². The van der Waals surface area contributed by atoms with Crippen LogP contribution in [0.5, 0.6) is 0 Å². The normalized spacial score (nSPS) is 11.9. The largest absolute Gasteiger partial charge is 0.341 e. The summed E-state index contributed by atoms with van der Waals surface area (Å²) in [4.78, 5) is 21.6. The second-order valence-corrected chi connectivity index (χ2v) is 7.71. The van der Waals surface area contributed by atoms with Gasteiger partial charge in [-0.3, -0.25) is 9.78 Å². The topological polar surface area (TPSA) is 66.8 Å². The molecule has 2 aromatic heterocycles. The third-order valence-corrected chi connectivity index (χ3v) is 4.72. The van der Waals surface area contributed by atoms with Crippen LogP contribution in [-0.4, -0.2) is 26.8 Å². The van der Waals surface area contributed by atoms with Crippen LogP contribution in [0.15, 0.2) is 29.2 Å². The van der Waals surface area contributed by atoms with Gasteiger partial charge in [0.25, 0.3) is 5.56 Å². The molecule has 1 N–H and O–H groups in total. The predicted octanol–water partition coefficient (Wildman–Crippen LogP) is 3.82. The summed E-state index contributed by atoms with van der Waals surface area (Å²) >= 11 is 12.3. The van der Waals surface area contributed by atoms with E-state index in [4.69, 9.17) is 23.2 Å². The number of H-pyrrole nitrogens is 1. The van der Waals surface area contributed by atoms with Crippen LogP contribution in [0.3, 0.4) is 0 Å². The van der Waals surface area contributed by atoms with E-state index in [1.807, 2.05) is 44.9 Å². The van der Waals surface area contributed by atoms with E-state index in [-0.39, 0.29) is 11.1 Å². The van der Waals surface area contributed by atoms with Crippen molar-refractivity contribution in [2.75, 3.05) is 11.9 Å². The summed E-state index contributed by atoms with van der Waals surface area (Å²) in [6, 6.07) is 5.47. The van der Waals surface area contributed by atoms with Gasteiger partial charge in [-0.1, -0.05) is 35.3 Å². The van der Waals surface area contributed by atoms with Crippen molar-refractivity contribution in [1.29, 1.82) is 0 Å². The summed E-state index contributed by atoms with van der Waals surface area (Å²) in [7, 11) is 1.83. The minimum absolute atomic E-state index is 0.223. The number of aromatic amines is 1. The molecule has 0 saturated carbocycles. The van der Waals surface area contributed by atoms with E-state index < -0.39 is 0 Å². The number of nitrogens with one attached hydrogen (secondary N) is 1. The van der Waals surface area contributed by atoms with Gasteiger partial charge in [0.1, 0.15) is 5.39 Å². The summed E-state index contributed by atoms with van der Waals surface area (Å²) in [5.74, 6) is 0.444. The summed E-state index contributed by atoms with van der Waals surface area (Å²) in [6.07, 6.45) is 1.55. The van der Waals surface area contributed by atoms with Gasteiger partial charge in [-0.2, -0.15) is 10.1 Å². The molecule has 8 heteroatoms. The number of benzene rings is 1. The number of hydrogen-bond donors (Lipinski definition) is 1. The highest BCUT2D eigenvalue weighted by Crippen LogP contribution is 2.27. The number of halogens is 2. The fourth-order valence-electron chi connectivity index (χ4n) is 2.58. The number of anilines is 1. The number of nitrogens with zero attached hydrogens (tertiary/aromatic N) is 4. The first kappa shape index (κ1) is 17.8. The molecule has 0 bridgehead atoms. The van der Waals surface area contributed by atoms with E-state index in [9.17, 15) is 4.79 Å². The van der Waals surface area contributed by atoms with Crippen LogP contribution in [0, 0.1) is 0 Å². The molecule has 2 heterocycles. The molecule has 0 saturated heterocycles. The van der Waals surface area contributed by atoms with Crippen molar-refractivity contribution in [3.63, 3.8) is 0 Å². The van der Waals surface area contributed by atoms with Gasteiger partial charge >= 0.3 is 0 Å². The third-order valence-electron chi connectivity index (χ3n) is 3.86. The first-order valence-corrected chi connectivity index (χ1v) is 8.56. The van der Waals surface area contributed by atoms with Crippen LogP contribution in [-0.2, 0) is 12.1 Å². The number of fused-ring (bicyclic) bond motifs is 1. The van der Waals surface area contributed by atoms with Crippen molar-refractivity contribution in [2.24, 2.45) is 0 Å². The smallest absolute Gasteiger partial charge is 0.263 e. The Morgan fingerprint density at radius 3 is 2.68 bits per heavy atom. The molecule has 0 fully saturated rings. The van der Waals surface area contributed by atoms with E-state index in [1.54, 1.807) is 16.9 Å². The lowest BCUT2D eigenvalue weighted by atomic mass is 10.1. The molecule has 0 spiro atoms. The molecule has 0 aliphatic rings. The lowest BCUT2D eigenvalue weighted by Gasteiger charge is -2.21. The molecule has 3 rings (SSSR count). The minimum Gasteiger partial charge on any atom is -0.341 e. The molecule has 3 aromatic rings. The van der Waals surface area contributed by atoms with E-state index >= 15 is 0 Å². The molecule has 6 nitrogen and oxygen atoms in total. The third kappa shape index (κ3) is 3.37. The van der Waals surface area contributed by atoms with Gasteiger partial charge in [-0.25, -0.2) is 4.68 Å². The maximum Gasteiger partial charge on any atom is 0.263 e. The van der Waals surface area contributed by atoms with Gasteiger partial charge in [0.15, 0.2) is 5.65 Å². The summed E-state index contributed by atoms with van der Waals surface area (Å²) in [5, 5.41) is 5.78. The second kappa shape index (κ2) is 6.35. The molecule has 0 aliphatic heterocycles. The van der Waals surface area contributed by atoms with Gasteiger partial charge < -0.3 is 4.90 Å². The molecule has 0 atom stereocenters. The van der Waals surface area contributed by atoms with Crippen LogP contribution < -0.4 is 10.5 Å². The molecule has 0 aliphatic carbocycles. The molecular weight excluding hydrogens is 361 g/mol. The zero-order valence-electron chi connectivity index (χ0n) is 14.5. The highest BCUT2D eigenvalue weighted by Gasteiger charge is 2.20. The van der Waals surface area contributed by atoms with Crippen molar-refractivity contribution < 1.29 is 0 Å². The highest BCUT2D eigenvalue weighted by molar-refractivity contribution is 6.42. The van der Waals surface area contributed by atoms with Gasteiger partial charge in [0.2, 0.25) is 5.95 Å². The highest BCUT2D eigenvalue weighted by atomic mass is 35.5. The molecule has 1 aromatic carbocycles. The Labute approximate surface area is 155 Å². The average Bonchev–Trinajstić information content (AvgIpc) is 2.96. The van der Waals surface area contributed by atoms with Gasteiger partial charge in [0.05, 0.1) is 21.8 Å². The van der Waals surface area contributed by atoms with Crippen LogP contribution in [0.1, 0.15) is 26.3 Å². The second-order valence-electron chi connectivity index (χ2n) is 6.92. The monoisotopic (exact) mass is 379 g/mol. The molecule has 132 valence electrons. The minimum atomic E-state index is -0.283. The maximum atomic E-state index is 12.4. The first-order valence-electron chi connectivity index (χ1n) is 7.81. The molecule has 0 amide bonds. The Morgan fingerprint density at radius 2 is 2.00 bits per heavy atom. The number of rotatable bonds is 3. The van der Waals surface area contributed by atoms with Crippen LogP contribution in [0.25, 0.3) is 11.0 Å². The fourth-order valence-corrected chi connectivity index (χ4v) is 2.96. The standard InChI is InChI=1S/C17H19Cl2N5O/c1-17(2,3)24-14-11(8-20-24)15(25)22-16(21-14)23(4)9-10-6-5-7-12(18)13(10)19/h5-8H,9H2,1-4H3,(H,21,22,25). The van der Waals surface area contributed by atoms with E-state index in [1.165, 1.54) is 0 Å². The van der Waals surface area contributed by atoms with Crippen molar-refractivity contribution in [1.82, 2.24) is 19.7 Å². The fraction of sp³-hybridized carbons (Fsp3) is 0.353. The quantitative estimate of drug-likeness (QED) is 0.750. The number of hydrogen-bond acceptors (Lipinski definition) is 4. The molecule has 0 radical (unpaired) electrons. The van der Waals surface area contributed by atoms with E-state index in [2.05, 4.69) is 15.1 Å². The van der Waals surface area contributed by atoms with Crippen molar-refractivity contribution in [3.05, 3.63) is 50.4 Å². The lowest BCUT2D eigenvalue weighted by Crippen LogP contribution is -2.26. The van der Waals surface area contributed by atoms with Crippen molar-refractivity contribution in [2.45, 2.75) is 32.9 Å². The lowest BCUT2D eigenvalue weighted by molar-refractivity contribution is 0.366. The molecule has 0 unspecified atom stereocenters. The van der Waals surface area contributed by atoms with Crippen molar-refractivity contribution in [3.8, 4) is 0 Å². The summed E-state index contributed by atoms with van der Waals surface area (Å²) in [6.45, 7) is 6.49. The molecular formula is C17H19Cl2N5O. The Bertz CT molecular complexity index is 987. The average molecular weight is 380 g/mol. The summed E-state index contributed by atoms with van der Waals surface area (Å²) in [5.41, 5.74) is 0.896. The summed E-state index contributed by atoms with van der Waals surface area (Å²) < 4.78 is 1.75. The zero-order chi connectivity index (χ0) is 18.4. The van der Waals surface area contributed by atoms with E-state index in [0.717, 1.165) is 5.56 Å². The Kier molecular flexibility index (Phi) is 4.51. The zero-order valence-corrected chi connectivity index (χ0v) is 16.0. The Hall–Kier alpha value is -2.05. The van der Waals surface area contributed by atoms with Gasteiger partial charge in [-0.05, 0) is 32.4 Å². The number of aromatic nitrogens is 4.